The Bertz CT molecular complexity index is 1010. The summed E-state index contributed by atoms with van der Waals surface area (Å²) in [6.07, 6.45) is 1.66. The fourth-order valence-corrected chi connectivity index (χ4v) is 3.39. The molecule has 2 aromatic carbocycles. The van der Waals surface area contributed by atoms with Crippen molar-refractivity contribution in [3.63, 3.8) is 0 Å². The molecule has 4 nitrogen and oxygen atoms in total. The lowest BCUT2D eigenvalue weighted by molar-refractivity contribution is -0.160. The summed E-state index contributed by atoms with van der Waals surface area (Å²) in [5, 5.41) is 1.06. The van der Waals surface area contributed by atoms with Gasteiger partial charge in [0, 0.05) is 22.3 Å². The molecule has 4 aromatic rings. The highest BCUT2D eigenvalue weighted by Gasteiger charge is 2.14. The first kappa shape index (κ1) is 16.9. The highest BCUT2D eigenvalue weighted by Crippen LogP contribution is 2.32. The van der Waals surface area contributed by atoms with Crippen molar-refractivity contribution in [2.45, 2.75) is 11.4 Å². The Morgan fingerprint density at radius 1 is 1.08 bits per heavy atom. The molecule has 0 saturated heterocycles. The smallest absolute Gasteiger partial charge is 0.150 e. The molecule has 0 fully saturated rings. The quantitative estimate of drug-likeness (QED) is 0.249. The van der Waals surface area contributed by atoms with E-state index in [0.29, 0.717) is 6.54 Å². The first-order valence-corrected chi connectivity index (χ1v) is 8.78. The van der Waals surface area contributed by atoms with Gasteiger partial charge in [-0.1, -0.05) is 12.1 Å². The number of hydrogen-bond acceptors (Lipinski definition) is 4. The summed E-state index contributed by atoms with van der Waals surface area (Å²) in [5.41, 5.74) is 3.03. The summed E-state index contributed by atoms with van der Waals surface area (Å²) in [6.45, 7) is 0.612. The average molecular weight is 369 g/mol. The second-order valence-electron chi connectivity index (χ2n) is 5.76. The topological polar surface area (TPSA) is 36.5 Å². The molecule has 6 heteroatoms. The number of furan rings is 1. The first-order valence-electron chi connectivity index (χ1n) is 8.03. The van der Waals surface area contributed by atoms with Crippen LogP contribution in [0.1, 0.15) is 5.56 Å². The largest absolute Gasteiger partial charge is 0.463 e. The summed E-state index contributed by atoms with van der Waals surface area (Å²) in [7, 11) is 1.47. The standard InChI is InChI=1S/C20H16FNO3S/c1-23-25-26-17-8-9-18-15(11-17)12-19(20-3-2-10-24-20)22(18)13-14-4-6-16(21)7-5-14/h2-12H,13H2,1H3. The average Bonchev–Trinajstić information content (AvgIpc) is 3.30. The summed E-state index contributed by atoms with van der Waals surface area (Å²) in [5.74, 6) is 0.544. The summed E-state index contributed by atoms with van der Waals surface area (Å²) in [4.78, 5) is 5.58. The predicted molar refractivity (Wildman–Crippen MR) is 99.1 cm³/mol. The van der Waals surface area contributed by atoms with Gasteiger partial charge in [-0.2, -0.15) is 4.33 Å². The third-order valence-electron chi connectivity index (χ3n) is 4.10. The van der Waals surface area contributed by atoms with Gasteiger partial charge in [-0.05, 0) is 54.1 Å². The van der Waals surface area contributed by atoms with Crippen molar-refractivity contribution in [2.75, 3.05) is 7.11 Å². The zero-order chi connectivity index (χ0) is 17.9. The van der Waals surface area contributed by atoms with Gasteiger partial charge in [-0.3, -0.25) is 0 Å². The van der Waals surface area contributed by atoms with Gasteiger partial charge in [0.2, 0.25) is 0 Å². The highest BCUT2D eigenvalue weighted by molar-refractivity contribution is 7.94. The van der Waals surface area contributed by atoms with Crippen LogP contribution in [0, 0.1) is 5.82 Å². The van der Waals surface area contributed by atoms with Crippen LogP contribution < -0.4 is 0 Å². The van der Waals surface area contributed by atoms with E-state index in [2.05, 4.69) is 15.5 Å². The Labute approximate surface area is 154 Å². The zero-order valence-electron chi connectivity index (χ0n) is 14.0. The normalized spacial score (nSPS) is 11.3. The van der Waals surface area contributed by atoms with E-state index >= 15 is 0 Å². The summed E-state index contributed by atoms with van der Waals surface area (Å²) in [6, 6.07) is 18.5. The first-order chi connectivity index (χ1) is 12.7. The van der Waals surface area contributed by atoms with Crippen molar-refractivity contribution in [1.29, 1.82) is 0 Å². The second-order valence-corrected chi connectivity index (χ2v) is 6.53. The zero-order valence-corrected chi connectivity index (χ0v) is 14.8. The third-order valence-corrected chi connectivity index (χ3v) is 4.75. The van der Waals surface area contributed by atoms with E-state index < -0.39 is 0 Å². The molecule has 0 spiro atoms. The van der Waals surface area contributed by atoms with E-state index in [9.17, 15) is 4.39 Å². The fourth-order valence-electron chi connectivity index (χ4n) is 2.95. The molecule has 0 radical (unpaired) electrons. The third kappa shape index (κ3) is 3.39. The van der Waals surface area contributed by atoms with Gasteiger partial charge in [-0.15, -0.1) is 0 Å². The van der Waals surface area contributed by atoms with Crippen molar-refractivity contribution in [3.8, 4) is 11.5 Å². The SMILES string of the molecule is COOSc1ccc2c(c1)cc(-c1ccco1)n2Cc1ccc(F)cc1. The number of aromatic nitrogens is 1. The summed E-state index contributed by atoms with van der Waals surface area (Å²) < 4.78 is 25.9. The molecule has 132 valence electrons. The molecule has 0 amide bonds. The van der Waals surface area contributed by atoms with Crippen LogP contribution >= 0.6 is 12.0 Å². The van der Waals surface area contributed by atoms with Gasteiger partial charge >= 0.3 is 0 Å². The molecule has 0 N–H and O–H groups in total. The number of benzene rings is 2. The van der Waals surface area contributed by atoms with Crippen molar-refractivity contribution in [3.05, 3.63) is 78.3 Å². The minimum absolute atomic E-state index is 0.239. The molecule has 0 saturated carbocycles. The molecule has 0 atom stereocenters. The van der Waals surface area contributed by atoms with Gasteiger partial charge in [-0.25, -0.2) is 9.28 Å². The molecule has 0 aliphatic carbocycles. The number of halogens is 1. The van der Waals surface area contributed by atoms with Gasteiger partial charge in [0.05, 0.1) is 31.1 Å². The monoisotopic (exact) mass is 369 g/mol. The number of rotatable bonds is 6. The summed E-state index contributed by atoms with van der Waals surface area (Å²) >= 11 is 1.16. The molecule has 2 aromatic heterocycles. The van der Waals surface area contributed by atoms with Crippen LogP contribution in [0.5, 0.6) is 0 Å². The van der Waals surface area contributed by atoms with Gasteiger partial charge in [0.25, 0.3) is 0 Å². The lowest BCUT2D eigenvalue weighted by Gasteiger charge is -2.10. The lowest BCUT2D eigenvalue weighted by Crippen LogP contribution is -2.01. The van der Waals surface area contributed by atoms with Crippen LogP contribution in [0.25, 0.3) is 22.4 Å². The second kappa shape index (κ2) is 7.37. The van der Waals surface area contributed by atoms with Crippen LogP contribution in [0.15, 0.2) is 76.2 Å². The molecule has 0 aliphatic heterocycles. The van der Waals surface area contributed by atoms with E-state index in [1.807, 2.05) is 30.3 Å². The van der Waals surface area contributed by atoms with E-state index in [1.54, 1.807) is 18.4 Å². The number of nitrogens with zero attached hydrogens (tertiary/aromatic N) is 1. The molecular formula is C20H16FNO3S. The Morgan fingerprint density at radius 3 is 2.65 bits per heavy atom. The molecular weight excluding hydrogens is 353 g/mol. The number of hydrogen-bond donors (Lipinski definition) is 0. The predicted octanol–water partition coefficient (Wildman–Crippen LogP) is 5.67. The Morgan fingerprint density at radius 2 is 1.92 bits per heavy atom. The number of fused-ring (bicyclic) bond motifs is 1. The van der Waals surface area contributed by atoms with Crippen LogP contribution in [0.2, 0.25) is 0 Å². The Hall–Kier alpha value is -2.54. The molecule has 0 unspecified atom stereocenters. The van der Waals surface area contributed by atoms with Gasteiger partial charge < -0.3 is 8.98 Å². The Balaban J connectivity index is 1.79. The maximum atomic E-state index is 13.2. The van der Waals surface area contributed by atoms with Crippen LogP contribution in [-0.4, -0.2) is 11.7 Å². The van der Waals surface area contributed by atoms with Crippen LogP contribution in [-0.2, 0) is 15.8 Å². The van der Waals surface area contributed by atoms with Crippen LogP contribution in [0.3, 0.4) is 0 Å². The van der Waals surface area contributed by atoms with Crippen molar-refractivity contribution in [2.24, 2.45) is 0 Å². The molecule has 2 heterocycles. The Kier molecular flexibility index (Phi) is 4.79. The minimum atomic E-state index is -0.239. The van der Waals surface area contributed by atoms with Gasteiger partial charge in [0.15, 0.2) is 0 Å². The maximum Gasteiger partial charge on any atom is 0.150 e. The van der Waals surface area contributed by atoms with E-state index in [1.165, 1.54) is 19.2 Å². The molecule has 0 bridgehead atoms. The maximum absolute atomic E-state index is 13.2. The van der Waals surface area contributed by atoms with Crippen molar-refractivity contribution in [1.82, 2.24) is 4.57 Å². The van der Waals surface area contributed by atoms with Crippen LogP contribution in [0.4, 0.5) is 4.39 Å². The van der Waals surface area contributed by atoms with Gasteiger partial charge in [0.1, 0.15) is 11.6 Å². The molecule has 0 aliphatic rings. The van der Waals surface area contributed by atoms with Crippen molar-refractivity contribution < 1.29 is 18.0 Å². The minimum Gasteiger partial charge on any atom is -0.463 e. The highest BCUT2D eigenvalue weighted by atomic mass is 32.2. The van der Waals surface area contributed by atoms with Crippen molar-refractivity contribution >= 4 is 22.9 Å². The lowest BCUT2D eigenvalue weighted by atomic mass is 10.2. The fraction of sp³-hybridized carbons (Fsp3) is 0.100. The van der Waals surface area contributed by atoms with E-state index in [0.717, 1.165) is 44.9 Å². The van der Waals surface area contributed by atoms with E-state index in [4.69, 9.17) is 8.75 Å². The molecule has 26 heavy (non-hydrogen) atoms. The molecule has 4 rings (SSSR count). The van der Waals surface area contributed by atoms with E-state index in [-0.39, 0.29) is 5.82 Å².